The molecule has 4 nitrogen and oxygen atoms in total. The fourth-order valence-corrected chi connectivity index (χ4v) is 6.18. The highest BCUT2D eigenvalue weighted by atomic mass is 19.4. The monoisotopic (exact) mass is 517 g/mol. The highest BCUT2D eigenvalue weighted by Crippen LogP contribution is 2.47. The van der Waals surface area contributed by atoms with Gasteiger partial charge in [0.05, 0.1) is 16.7 Å². The van der Waals surface area contributed by atoms with Gasteiger partial charge >= 0.3 is 12.1 Å². The van der Waals surface area contributed by atoms with Crippen LogP contribution in [0.3, 0.4) is 0 Å². The van der Waals surface area contributed by atoms with Crippen LogP contribution in [0.2, 0.25) is 0 Å². The summed E-state index contributed by atoms with van der Waals surface area (Å²) >= 11 is 0. The van der Waals surface area contributed by atoms with Crippen molar-refractivity contribution in [3.8, 4) is 22.3 Å². The van der Waals surface area contributed by atoms with E-state index in [1.54, 1.807) is 18.2 Å². The van der Waals surface area contributed by atoms with Crippen molar-refractivity contribution in [3.63, 3.8) is 0 Å². The Morgan fingerprint density at radius 2 is 1.42 bits per heavy atom. The molecule has 1 saturated heterocycles. The van der Waals surface area contributed by atoms with Gasteiger partial charge in [-0.1, -0.05) is 48.5 Å². The molecule has 0 unspecified atom stereocenters. The Kier molecular flexibility index (Phi) is 5.81. The van der Waals surface area contributed by atoms with Gasteiger partial charge in [-0.2, -0.15) is 13.2 Å². The van der Waals surface area contributed by atoms with Crippen molar-refractivity contribution >= 4 is 16.7 Å². The van der Waals surface area contributed by atoms with Crippen molar-refractivity contribution in [3.05, 3.63) is 95.6 Å². The highest BCUT2D eigenvalue weighted by molar-refractivity contribution is 6.04. The molecule has 1 saturated carbocycles. The predicted molar refractivity (Wildman–Crippen MR) is 140 cm³/mol. The van der Waals surface area contributed by atoms with Crippen molar-refractivity contribution in [1.82, 2.24) is 5.32 Å². The van der Waals surface area contributed by atoms with Gasteiger partial charge in [-0.25, -0.2) is 4.79 Å². The second-order valence-electron chi connectivity index (χ2n) is 10.5. The molecule has 4 aromatic rings. The van der Waals surface area contributed by atoms with Crippen LogP contribution in [0.15, 0.2) is 78.9 Å². The Labute approximate surface area is 217 Å². The van der Waals surface area contributed by atoms with Gasteiger partial charge < -0.3 is 15.5 Å². The number of carbonyl (C=O) groups is 1. The second-order valence-corrected chi connectivity index (χ2v) is 10.5. The van der Waals surface area contributed by atoms with Gasteiger partial charge in [-0.3, -0.25) is 0 Å². The third-order valence-corrected chi connectivity index (χ3v) is 8.16. The van der Waals surface area contributed by atoms with E-state index in [9.17, 15) is 28.2 Å². The number of carboxylic acid groups (broad SMARTS) is 1. The van der Waals surface area contributed by atoms with Gasteiger partial charge in [0.1, 0.15) is 0 Å². The molecule has 1 aliphatic heterocycles. The molecule has 194 valence electrons. The SMILES string of the molecule is O=C(O)c1cc(-c2ccc(C3(O)C[C@H]4CNC[C@@H]4C3)cc2)c2ccc(-c3ccc(C(F)(F)F)cc3)cc2c1. The smallest absolute Gasteiger partial charge is 0.416 e. The number of fused-ring (bicyclic) bond motifs is 2. The molecule has 2 atom stereocenters. The maximum Gasteiger partial charge on any atom is 0.416 e. The summed E-state index contributed by atoms with van der Waals surface area (Å²) in [6, 6.07) is 21.3. The predicted octanol–water partition coefficient (Wildman–Crippen LogP) is 6.71. The van der Waals surface area contributed by atoms with Gasteiger partial charge in [0.15, 0.2) is 0 Å². The van der Waals surface area contributed by atoms with Crippen LogP contribution in [-0.4, -0.2) is 29.3 Å². The third-order valence-electron chi connectivity index (χ3n) is 8.16. The van der Waals surface area contributed by atoms with Crippen LogP contribution < -0.4 is 5.32 Å². The molecule has 0 spiro atoms. The number of hydrogen-bond acceptors (Lipinski definition) is 3. The first kappa shape index (κ1) is 24.6. The average molecular weight is 518 g/mol. The number of hydrogen-bond donors (Lipinski definition) is 3. The Hall–Kier alpha value is -3.68. The molecular formula is C31H26F3NO3. The summed E-state index contributed by atoms with van der Waals surface area (Å²) in [5.41, 5.74) is 2.29. The summed E-state index contributed by atoms with van der Waals surface area (Å²) in [6.07, 6.45) is -2.95. The molecule has 0 bridgehead atoms. The van der Waals surface area contributed by atoms with Crippen molar-refractivity contribution in [2.75, 3.05) is 13.1 Å². The summed E-state index contributed by atoms with van der Waals surface area (Å²) < 4.78 is 38.9. The number of carboxylic acids is 1. The maximum atomic E-state index is 13.0. The maximum absolute atomic E-state index is 13.0. The van der Waals surface area contributed by atoms with E-state index in [2.05, 4.69) is 5.32 Å². The van der Waals surface area contributed by atoms with Gasteiger partial charge in [0.25, 0.3) is 0 Å². The third kappa shape index (κ3) is 4.36. The van der Waals surface area contributed by atoms with E-state index in [0.717, 1.165) is 60.1 Å². The highest BCUT2D eigenvalue weighted by Gasteiger charge is 2.46. The van der Waals surface area contributed by atoms with Crippen molar-refractivity contribution < 1.29 is 28.2 Å². The Morgan fingerprint density at radius 1 is 0.816 bits per heavy atom. The van der Waals surface area contributed by atoms with Gasteiger partial charge in [-0.15, -0.1) is 0 Å². The van der Waals surface area contributed by atoms with E-state index in [0.29, 0.717) is 28.3 Å². The molecule has 1 heterocycles. The number of benzene rings is 4. The van der Waals surface area contributed by atoms with Crippen LogP contribution in [0.5, 0.6) is 0 Å². The average Bonchev–Trinajstić information content (AvgIpc) is 3.46. The zero-order chi connectivity index (χ0) is 26.7. The first-order chi connectivity index (χ1) is 18.1. The summed E-state index contributed by atoms with van der Waals surface area (Å²) in [6.45, 7) is 1.88. The quantitative estimate of drug-likeness (QED) is 0.282. The van der Waals surface area contributed by atoms with E-state index in [4.69, 9.17) is 0 Å². The lowest BCUT2D eigenvalue weighted by Gasteiger charge is -2.25. The van der Waals surface area contributed by atoms with Crippen molar-refractivity contribution in [2.24, 2.45) is 11.8 Å². The molecular weight excluding hydrogens is 491 g/mol. The molecule has 0 amide bonds. The van der Waals surface area contributed by atoms with Crippen LogP contribution >= 0.6 is 0 Å². The first-order valence-electron chi connectivity index (χ1n) is 12.6. The van der Waals surface area contributed by atoms with Crippen LogP contribution in [0.25, 0.3) is 33.0 Å². The molecule has 38 heavy (non-hydrogen) atoms. The lowest BCUT2D eigenvalue weighted by molar-refractivity contribution is -0.137. The zero-order valence-electron chi connectivity index (χ0n) is 20.4. The summed E-state index contributed by atoms with van der Waals surface area (Å²) in [7, 11) is 0. The van der Waals surface area contributed by atoms with Crippen LogP contribution in [0, 0.1) is 11.8 Å². The summed E-state index contributed by atoms with van der Waals surface area (Å²) in [5.74, 6) is -0.102. The van der Waals surface area contributed by atoms with E-state index in [-0.39, 0.29) is 5.56 Å². The van der Waals surface area contributed by atoms with Crippen molar-refractivity contribution in [1.29, 1.82) is 0 Å². The molecule has 6 rings (SSSR count). The fourth-order valence-electron chi connectivity index (χ4n) is 6.18. The summed E-state index contributed by atoms with van der Waals surface area (Å²) in [5, 5.41) is 26.0. The van der Waals surface area contributed by atoms with Crippen LogP contribution in [0.1, 0.15) is 34.3 Å². The minimum Gasteiger partial charge on any atom is -0.478 e. The lowest BCUT2D eigenvalue weighted by atomic mass is 9.88. The minimum absolute atomic E-state index is 0.121. The second kappa shape index (κ2) is 8.96. The van der Waals surface area contributed by atoms with E-state index >= 15 is 0 Å². The molecule has 2 fully saturated rings. The number of nitrogens with one attached hydrogen (secondary N) is 1. The Bertz CT molecular complexity index is 1520. The molecule has 7 heteroatoms. The molecule has 0 radical (unpaired) electrons. The Balaban J connectivity index is 1.37. The standard InChI is InChI=1S/C31H26F3NO3/c32-31(33,34)26-8-1-18(2-9-26)20-5-10-27-21(11-20)12-22(29(36)37)13-28(27)19-3-6-25(7-4-19)30(38)14-23-16-35-17-24(23)15-30/h1-13,23-24,35,38H,14-17H2,(H,36,37)/t23-,24-/m0/s1. The van der Waals surface area contributed by atoms with E-state index < -0.39 is 23.3 Å². The molecule has 2 aliphatic rings. The minimum atomic E-state index is -4.41. The number of rotatable bonds is 4. The molecule has 4 aromatic carbocycles. The topological polar surface area (TPSA) is 69.6 Å². The van der Waals surface area contributed by atoms with Gasteiger partial charge in [-0.05, 0) is 107 Å². The largest absolute Gasteiger partial charge is 0.478 e. The number of halogens is 3. The lowest BCUT2D eigenvalue weighted by Crippen LogP contribution is -2.25. The van der Waals surface area contributed by atoms with Gasteiger partial charge in [0, 0.05) is 0 Å². The Morgan fingerprint density at radius 3 is 2.03 bits per heavy atom. The van der Waals surface area contributed by atoms with Crippen molar-refractivity contribution in [2.45, 2.75) is 24.6 Å². The number of aliphatic hydroxyl groups is 1. The van der Waals surface area contributed by atoms with E-state index in [1.807, 2.05) is 36.4 Å². The zero-order valence-corrected chi connectivity index (χ0v) is 20.4. The van der Waals surface area contributed by atoms with Crippen LogP contribution in [-0.2, 0) is 11.8 Å². The molecule has 0 aromatic heterocycles. The number of alkyl halides is 3. The van der Waals surface area contributed by atoms with E-state index in [1.165, 1.54) is 12.1 Å². The molecule has 1 aliphatic carbocycles. The van der Waals surface area contributed by atoms with Gasteiger partial charge in [0.2, 0.25) is 0 Å². The molecule has 3 N–H and O–H groups in total. The number of aromatic carboxylic acids is 1. The fraction of sp³-hybridized carbons (Fsp3) is 0.258. The first-order valence-corrected chi connectivity index (χ1v) is 12.6. The van der Waals surface area contributed by atoms with Crippen LogP contribution in [0.4, 0.5) is 13.2 Å². The summed E-state index contributed by atoms with van der Waals surface area (Å²) in [4.78, 5) is 11.9. The normalized spacial score (nSPS) is 20.5.